The van der Waals surface area contributed by atoms with Gasteiger partial charge in [-0.3, -0.25) is 9.36 Å². The quantitative estimate of drug-likeness (QED) is 0.704. The van der Waals surface area contributed by atoms with Gasteiger partial charge in [-0.25, -0.2) is 0 Å². The van der Waals surface area contributed by atoms with Crippen molar-refractivity contribution in [2.24, 2.45) is 0 Å². The number of carbonyl (C=O) groups excluding carboxylic acids is 1. The highest BCUT2D eigenvalue weighted by molar-refractivity contribution is 5.90. The third-order valence-electron chi connectivity index (χ3n) is 3.08. The number of hydrogen-bond donors (Lipinski definition) is 1. The molecular formula is C12H12N2O. The van der Waals surface area contributed by atoms with Crippen LogP contribution in [0.2, 0.25) is 0 Å². The smallest absolute Gasteiger partial charge is 0.218 e. The first-order chi connectivity index (χ1) is 7.42. The van der Waals surface area contributed by atoms with Crippen molar-refractivity contribution in [3.05, 3.63) is 35.5 Å². The normalized spacial score (nSPS) is 15.2. The van der Waals surface area contributed by atoms with Gasteiger partial charge in [-0.1, -0.05) is 18.2 Å². The van der Waals surface area contributed by atoms with Crippen LogP contribution in [0.1, 0.15) is 11.3 Å². The lowest BCUT2D eigenvalue weighted by Crippen LogP contribution is -2.25. The molecule has 0 bridgehead atoms. The predicted molar refractivity (Wildman–Crippen MR) is 59.5 cm³/mol. The number of benzene rings is 1. The van der Waals surface area contributed by atoms with Crippen LogP contribution in [0.15, 0.2) is 24.3 Å². The SMILES string of the molecule is O=Cn1c2c(c3ccccc31)CCNC2. The van der Waals surface area contributed by atoms with Crippen molar-refractivity contribution in [3.8, 4) is 0 Å². The summed E-state index contributed by atoms with van der Waals surface area (Å²) in [6.07, 6.45) is 1.92. The summed E-state index contributed by atoms with van der Waals surface area (Å²) in [5, 5.41) is 4.52. The van der Waals surface area contributed by atoms with Gasteiger partial charge in [0, 0.05) is 17.6 Å². The van der Waals surface area contributed by atoms with Crippen molar-refractivity contribution in [3.63, 3.8) is 0 Å². The highest BCUT2D eigenvalue weighted by Crippen LogP contribution is 2.27. The zero-order valence-corrected chi connectivity index (χ0v) is 8.36. The topological polar surface area (TPSA) is 34.0 Å². The van der Waals surface area contributed by atoms with E-state index in [1.165, 1.54) is 10.9 Å². The van der Waals surface area contributed by atoms with Crippen LogP contribution in [0, 0.1) is 0 Å². The maximum Gasteiger partial charge on any atom is 0.218 e. The summed E-state index contributed by atoms with van der Waals surface area (Å²) < 4.78 is 1.76. The summed E-state index contributed by atoms with van der Waals surface area (Å²) in [6, 6.07) is 8.10. The van der Waals surface area contributed by atoms with Gasteiger partial charge in [-0.15, -0.1) is 0 Å². The molecule has 0 fully saturated rings. The van der Waals surface area contributed by atoms with Crippen LogP contribution in [0.5, 0.6) is 0 Å². The van der Waals surface area contributed by atoms with Crippen LogP contribution in [0.25, 0.3) is 10.9 Å². The van der Waals surface area contributed by atoms with E-state index in [1.807, 2.05) is 18.2 Å². The molecule has 1 aliphatic heterocycles. The van der Waals surface area contributed by atoms with Crippen molar-refractivity contribution in [1.82, 2.24) is 9.88 Å². The first kappa shape index (κ1) is 8.68. The zero-order chi connectivity index (χ0) is 10.3. The lowest BCUT2D eigenvalue weighted by molar-refractivity contribution is 0.542. The van der Waals surface area contributed by atoms with Gasteiger partial charge < -0.3 is 5.32 Å². The van der Waals surface area contributed by atoms with Gasteiger partial charge in [0.15, 0.2) is 0 Å². The van der Waals surface area contributed by atoms with Crippen LogP contribution >= 0.6 is 0 Å². The number of fused-ring (bicyclic) bond motifs is 3. The van der Waals surface area contributed by atoms with E-state index in [0.29, 0.717) is 0 Å². The average Bonchev–Trinajstić information content (AvgIpc) is 2.63. The van der Waals surface area contributed by atoms with Crippen molar-refractivity contribution in [2.45, 2.75) is 13.0 Å². The molecule has 3 nitrogen and oxygen atoms in total. The molecular weight excluding hydrogens is 188 g/mol. The summed E-state index contributed by atoms with van der Waals surface area (Å²) >= 11 is 0. The summed E-state index contributed by atoms with van der Waals surface area (Å²) in [7, 11) is 0. The minimum atomic E-state index is 0.794. The van der Waals surface area contributed by atoms with Gasteiger partial charge in [0.2, 0.25) is 6.41 Å². The Morgan fingerprint density at radius 1 is 1.33 bits per heavy atom. The Kier molecular flexibility index (Phi) is 1.86. The van der Waals surface area contributed by atoms with E-state index in [-0.39, 0.29) is 0 Å². The molecule has 1 aliphatic rings. The molecule has 0 amide bonds. The molecule has 2 heterocycles. The molecule has 76 valence electrons. The number of nitrogens with one attached hydrogen (secondary N) is 1. The van der Waals surface area contributed by atoms with Crippen LogP contribution in [0.3, 0.4) is 0 Å². The van der Waals surface area contributed by atoms with Crippen LogP contribution in [-0.4, -0.2) is 17.5 Å². The van der Waals surface area contributed by atoms with Crippen molar-refractivity contribution < 1.29 is 4.79 Å². The summed E-state index contributed by atoms with van der Waals surface area (Å²) in [5.74, 6) is 0. The largest absolute Gasteiger partial charge is 0.311 e. The Bertz CT molecular complexity index is 528. The van der Waals surface area contributed by atoms with Gasteiger partial charge in [0.05, 0.1) is 5.52 Å². The van der Waals surface area contributed by atoms with E-state index in [1.54, 1.807) is 4.57 Å². The molecule has 1 N–H and O–H groups in total. The molecule has 0 atom stereocenters. The fraction of sp³-hybridized carbons (Fsp3) is 0.250. The Labute approximate surface area is 87.7 Å². The number of aromatic nitrogens is 1. The fourth-order valence-corrected chi connectivity index (χ4v) is 2.40. The maximum atomic E-state index is 11.1. The number of nitrogens with zero attached hydrogens (tertiary/aromatic N) is 1. The first-order valence-corrected chi connectivity index (χ1v) is 5.18. The minimum Gasteiger partial charge on any atom is -0.311 e. The first-order valence-electron chi connectivity index (χ1n) is 5.18. The fourth-order valence-electron chi connectivity index (χ4n) is 2.40. The van der Waals surface area contributed by atoms with E-state index in [0.717, 1.165) is 37.1 Å². The van der Waals surface area contributed by atoms with Gasteiger partial charge in [-0.2, -0.15) is 0 Å². The Hall–Kier alpha value is -1.61. The molecule has 0 spiro atoms. The van der Waals surface area contributed by atoms with Crippen LogP contribution < -0.4 is 5.32 Å². The van der Waals surface area contributed by atoms with E-state index in [9.17, 15) is 4.79 Å². The van der Waals surface area contributed by atoms with E-state index >= 15 is 0 Å². The van der Waals surface area contributed by atoms with Crippen molar-refractivity contribution in [2.75, 3.05) is 6.54 Å². The molecule has 1 aromatic carbocycles. The molecule has 15 heavy (non-hydrogen) atoms. The minimum absolute atomic E-state index is 0.794. The molecule has 0 saturated carbocycles. The van der Waals surface area contributed by atoms with Gasteiger partial charge in [0.25, 0.3) is 0 Å². The highest BCUT2D eigenvalue weighted by atomic mass is 16.1. The molecule has 2 aromatic rings. The molecule has 0 aliphatic carbocycles. The second-order valence-corrected chi connectivity index (χ2v) is 3.84. The van der Waals surface area contributed by atoms with Gasteiger partial charge in [-0.05, 0) is 24.6 Å². The molecule has 3 rings (SSSR count). The summed E-state index contributed by atoms with van der Waals surface area (Å²) in [5.41, 5.74) is 3.48. The number of carbonyl (C=O) groups is 1. The van der Waals surface area contributed by atoms with E-state index in [4.69, 9.17) is 0 Å². The molecule has 3 heteroatoms. The lowest BCUT2D eigenvalue weighted by Gasteiger charge is -2.14. The second kappa shape index (κ2) is 3.21. The number of rotatable bonds is 1. The summed E-state index contributed by atoms with van der Waals surface area (Å²) in [4.78, 5) is 11.1. The Balaban J connectivity index is 2.42. The highest BCUT2D eigenvalue weighted by Gasteiger charge is 2.18. The second-order valence-electron chi connectivity index (χ2n) is 3.84. The Morgan fingerprint density at radius 2 is 2.20 bits per heavy atom. The summed E-state index contributed by atoms with van der Waals surface area (Å²) in [6.45, 7) is 1.79. The number of hydrogen-bond acceptors (Lipinski definition) is 2. The van der Waals surface area contributed by atoms with Gasteiger partial charge in [0.1, 0.15) is 0 Å². The number of para-hydroxylation sites is 1. The predicted octanol–water partition coefficient (Wildman–Crippen LogP) is 1.33. The molecule has 0 radical (unpaired) electrons. The zero-order valence-electron chi connectivity index (χ0n) is 8.36. The van der Waals surface area contributed by atoms with Crippen LogP contribution in [-0.2, 0) is 17.8 Å². The molecule has 0 unspecified atom stereocenters. The van der Waals surface area contributed by atoms with E-state index < -0.39 is 0 Å². The monoisotopic (exact) mass is 200 g/mol. The van der Waals surface area contributed by atoms with Gasteiger partial charge >= 0.3 is 0 Å². The third kappa shape index (κ3) is 1.13. The lowest BCUT2D eigenvalue weighted by atomic mass is 10.1. The molecule has 0 saturated heterocycles. The maximum absolute atomic E-state index is 11.1. The standard InChI is InChI=1S/C12H12N2O/c15-8-14-11-4-2-1-3-9(11)10-5-6-13-7-12(10)14/h1-4,8,13H,5-7H2. The third-order valence-corrected chi connectivity index (χ3v) is 3.08. The van der Waals surface area contributed by atoms with E-state index in [2.05, 4.69) is 11.4 Å². The average molecular weight is 200 g/mol. The van der Waals surface area contributed by atoms with Crippen LogP contribution in [0.4, 0.5) is 0 Å². The van der Waals surface area contributed by atoms with Crippen molar-refractivity contribution in [1.29, 1.82) is 0 Å². The van der Waals surface area contributed by atoms with Crippen molar-refractivity contribution >= 4 is 17.3 Å². The molecule has 1 aromatic heterocycles. The Morgan fingerprint density at radius 3 is 3.07 bits per heavy atom.